The van der Waals surface area contributed by atoms with Gasteiger partial charge in [0.25, 0.3) is 0 Å². The summed E-state index contributed by atoms with van der Waals surface area (Å²) in [6, 6.07) is 6.80. The zero-order valence-electron chi connectivity index (χ0n) is 10.6. The van der Waals surface area contributed by atoms with E-state index in [1.165, 1.54) is 41.2 Å². The summed E-state index contributed by atoms with van der Waals surface area (Å²) in [6.07, 6.45) is 6.50. The molecule has 1 saturated carbocycles. The van der Waals surface area contributed by atoms with E-state index in [1.54, 1.807) is 0 Å². The molecular formula is C14H19IN2S. The van der Waals surface area contributed by atoms with E-state index < -0.39 is 0 Å². The van der Waals surface area contributed by atoms with Crippen LogP contribution in [0.2, 0.25) is 0 Å². The molecule has 18 heavy (non-hydrogen) atoms. The normalized spacial score (nSPS) is 16.3. The molecule has 0 unspecified atom stereocenters. The highest BCUT2D eigenvalue weighted by Crippen LogP contribution is 2.21. The van der Waals surface area contributed by atoms with Gasteiger partial charge in [0.2, 0.25) is 0 Å². The van der Waals surface area contributed by atoms with Gasteiger partial charge in [-0.15, -0.1) is 0 Å². The molecule has 1 aliphatic rings. The molecule has 0 bridgehead atoms. The summed E-state index contributed by atoms with van der Waals surface area (Å²) in [6.45, 7) is 2.12. The summed E-state index contributed by atoms with van der Waals surface area (Å²) in [5.41, 5.74) is 2.36. The molecule has 1 aromatic rings. The summed E-state index contributed by atoms with van der Waals surface area (Å²) in [5, 5.41) is 7.50. The van der Waals surface area contributed by atoms with E-state index >= 15 is 0 Å². The van der Waals surface area contributed by atoms with Gasteiger partial charge in [-0.25, -0.2) is 0 Å². The average molecular weight is 374 g/mol. The van der Waals surface area contributed by atoms with Gasteiger partial charge in [-0.05, 0) is 72.3 Å². The van der Waals surface area contributed by atoms with Crippen LogP contribution in [0, 0.1) is 10.5 Å². The van der Waals surface area contributed by atoms with Crippen molar-refractivity contribution in [2.24, 2.45) is 0 Å². The van der Waals surface area contributed by atoms with Crippen molar-refractivity contribution in [3.8, 4) is 0 Å². The minimum Gasteiger partial charge on any atom is -0.360 e. The molecule has 1 aromatic carbocycles. The van der Waals surface area contributed by atoms with E-state index in [-0.39, 0.29) is 0 Å². The van der Waals surface area contributed by atoms with E-state index in [9.17, 15) is 0 Å². The van der Waals surface area contributed by atoms with Gasteiger partial charge in [0.15, 0.2) is 5.11 Å². The maximum atomic E-state index is 5.40. The molecule has 0 aromatic heterocycles. The van der Waals surface area contributed by atoms with Crippen molar-refractivity contribution >= 4 is 45.6 Å². The first kappa shape index (κ1) is 14.1. The fraction of sp³-hybridized carbons (Fsp3) is 0.500. The minimum absolute atomic E-state index is 0.557. The summed E-state index contributed by atoms with van der Waals surface area (Å²) in [4.78, 5) is 0. The minimum atomic E-state index is 0.557. The summed E-state index contributed by atoms with van der Waals surface area (Å²) >= 11 is 7.74. The molecule has 0 spiro atoms. The maximum absolute atomic E-state index is 5.40. The number of rotatable bonds is 2. The van der Waals surface area contributed by atoms with Crippen molar-refractivity contribution in [3.63, 3.8) is 0 Å². The van der Waals surface area contributed by atoms with Crippen LogP contribution in [-0.4, -0.2) is 11.2 Å². The van der Waals surface area contributed by atoms with Gasteiger partial charge < -0.3 is 10.6 Å². The highest BCUT2D eigenvalue weighted by Gasteiger charge is 2.14. The molecule has 98 valence electrons. The second-order valence-electron chi connectivity index (χ2n) is 4.85. The van der Waals surface area contributed by atoms with Crippen molar-refractivity contribution in [2.45, 2.75) is 45.1 Å². The van der Waals surface area contributed by atoms with Crippen LogP contribution in [0.5, 0.6) is 0 Å². The Morgan fingerprint density at radius 2 is 2.00 bits per heavy atom. The quantitative estimate of drug-likeness (QED) is 0.599. The molecule has 2 N–H and O–H groups in total. The molecular weight excluding hydrogens is 355 g/mol. The molecule has 4 heteroatoms. The lowest BCUT2D eigenvalue weighted by Crippen LogP contribution is -2.38. The van der Waals surface area contributed by atoms with Crippen molar-refractivity contribution in [1.82, 2.24) is 5.32 Å². The Labute approximate surface area is 128 Å². The van der Waals surface area contributed by atoms with E-state index in [2.05, 4.69) is 58.3 Å². The van der Waals surface area contributed by atoms with Crippen LogP contribution in [0.1, 0.15) is 37.7 Å². The predicted molar refractivity (Wildman–Crippen MR) is 90.1 cm³/mol. The third-order valence-electron chi connectivity index (χ3n) is 3.46. The first-order valence-electron chi connectivity index (χ1n) is 6.49. The number of benzene rings is 1. The van der Waals surface area contributed by atoms with Gasteiger partial charge in [-0.1, -0.05) is 25.3 Å². The average Bonchev–Trinajstić information content (AvgIpc) is 2.36. The zero-order chi connectivity index (χ0) is 13.0. The molecule has 2 rings (SSSR count). The van der Waals surface area contributed by atoms with Crippen molar-refractivity contribution in [3.05, 3.63) is 27.3 Å². The number of hydrogen-bond donors (Lipinski definition) is 2. The largest absolute Gasteiger partial charge is 0.360 e. The number of thiocarbonyl (C=S) groups is 1. The Kier molecular flexibility index (Phi) is 5.24. The number of halogens is 1. The van der Waals surface area contributed by atoms with Crippen LogP contribution >= 0.6 is 34.8 Å². The lowest BCUT2D eigenvalue weighted by Gasteiger charge is -2.24. The number of nitrogens with one attached hydrogen (secondary N) is 2. The topological polar surface area (TPSA) is 24.1 Å². The summed E-state index contributed by atoms with van der Waals surface area (Å²) < 4.78 is 1.26. The number of anilines is 1. The van der Waals surface area contributed by atoms with Crippen LogP contribution in [0.4, 0.5) is 5.69 Å². The second-order valence-corrected chi connectivity index (χ2v) is 6.42. The van der Waals surface area contributed by atoms with E-state index in [0.717, 1.165) is 10.8 Å². The Morgan fingerprint density at radius 3 is 2.72 bits per heavy atom. The Bertz CT molecular complexity index is 428. The molecule has 0 radical (unpaired) electrons. The van der Waals surface area contributed by atoms with Crippen molar-refractivity contribution in [2.75, 3.05) is 5.32 Å². The van der Waals surface area contributed by atoms with E-state index in [0.29, 0.717) is 6.04 Å². The summed E-state index contributed by atoms with van der Waals surface area (Å²) in [7, 11) is 0. The highest BCUT2D eigenvalue weighted by atomic mass is 127. The zero-order valence-corrected chi connectivity index (χ0v) is 13.6. The van der Waals surface area contributed by atoms with Gasteiger partial charge in [-0.3, -0.25) is 0 Å². The Morgan fingerprint density at radius 1 is 1.28 bits per heavy atom. The monoisotopic (exact) mass is 374 g/mol. The molecule has 0 heterocycles. The van der Waals surface area contributed by atoms with Gasteiger partial charge in [0.1, 0.15) is 0 Å². The van der Waals surface area contributed by atoms with Crippen LogP contribution in [0.3, 0.4) is 0 Å². The third-order valence-corrected chi connectivity index (χ3v) is 4.84. The van der Waals surface area contributed by atoms with Gasteiger partial charge >= 0.3 is 0 Å². The number of hydrogen-bond acceptors (Lipinski definition) is 1. The third kappa shape index (κ3) is 3.82. The lowest BCUT2D eigenvalue weighted by atomic mass is 9.96. The lowest BCUT2D eigenvalue weighted by molar-refractivity contribution is 0.415. The molecule has 1 aliphatic carbocycles. The van der Waals surface area contributed by atoms with Crippen LogP contribution in [0.15, 0.2) is 18.2 Å². The van der Waals surface area contributed by atoms with Crippen molar-refractivity contribution < 1.29 is 0 Å². The highest BCUT2D eigenvalue weighted by molar-refractivity contribution is 14.1. The van der Waals surface area contributed by atoms with Crippen LogP contribution in [-0.2, 0) is 0 Å². The predicted octanol–water partition coefficient (Wildman–Crippen LogP) is 4.22. The van der Waals surface area contributed by atoms with Crippen molar-refractivity contribution in [1.29, 1.82) is 0 Å². The Hall–Kier alpha value is -0.360. The Balaban J connectivity index is 1.92. The standard InChI is InChI=1S/C14H19IN2S/c1-10-12(15)8-5-9-13(10)17-14(18)16-11-6-3-2-4-7-11/h5,8-9,11H,2-4,6-7H2,1H3,(H2,16,17,18). The molecule has 0 amide bonds. The fourth-order valence-electron chi connectivity index (χ4n) is 2.33. The molecule has 0 aliphatic heterocycles. The van der Waals surface area contributed by atoms with Crippen LogP contribution in [0.25, 0.3) is 0 Å². The van der Waals surface area contributed by atoms with Gasteiger partial charge in [-0.2, -0.15) is 0 Å². The maximum Gasteiger partial charge on any atom is 0.171 e. The summed E-state index contributed by atoms with van der Waals surface area (Å²) in [5.74, 6) is 0. The molecule has 2 nitrogen and oxygen atoms in total. The smallest absolute Gasteiger partial charge is 0.171 e. The molecule has 1 fully saturated rings. The first-order chi connectivity index (χ1) is 8.66. The van der Waals surface area contributed by atoms with E-state index in [1.807, 2.05) is 0 Å². The molecule has 0 atom stereocenters. The first-order valence-corrected chi connectivity index (χ1v) is 7.98. The van der Waals surface area contributed by atoms with Gasteiger partial charge in [0, 0.05) is 15.3 Å². The SMILES string of the molecule is Cc1c(I)cccc1NC(=S)NC1CCCCC1. The molecule has 0 saturated heterocycles. The van der Waals surface area contributed by atoms with E-state index in [4.69, 9.17) is 12.2 Å². The fourth-order valence-corrected chi connectivity index (χ4v) is 3.11. The van der Waals surface area contributed by atoms with Crippen LogP contribution < -0.4 is 10.6 Å². The van der Waals surface area contributed by atoms with Gasteiger partial charge in [0.05, 0.1) is 0 Å². The second kappa shape index (κ2) is 6.70.